The molecule has 168 valence electrons. The number of Topliss-reactive ketones (excluding diaryl/α,β-unsaturated/α-hetero) is 1. The van der Waals surface area contributed by atoms with Gasteiger partial charge in [0, 0.05) is 6.42 Å². The Morgan fingerprint density at radius 3 is 1.86 bits per heavy atom. The lowest BCUT2D eigenvalue weighted by Crippen LogP contribution is -2.44. The predicted octanol–water partition coefficient (Wildman–Crippen LogP) is 8.37. The molecule has 1 aromatic heterocycles. The largest absolute Gasteiger partial charge is 0.474 e. The van der Waals surface area contributed by atoms with Crippen LogP contribution in [0.1, 0.15) is 123 Å². The molecule has 0 spiro atoms. The van der Waals surface area contributed by atoms with Crippen molar-refractivity contribution < 1.29 is 9.21 Å². The average Bonchev–Trinajstić information content (AvgIpc) is 3.20. The maximum atomic E-state index is 11.9. The molecule has 0 radical (unpaired) electrons. The van der Waals surface area contributed by atoms with E-state index in [1.165, 1.54) is 93.3 Å². The topological polar surface area (TPSA) is 30.2 Å². The Labute approximate surface area is 182 Å². The summed E-state index contributed by atoms with van der Waals surface area (Å²) in [6.45, 7) is 11.0. The van der Waals surface area contributed by atoms with E-state index in [2.05, 4.69) is 33.8 Å². The second kappa shape index (κ2) is 15.0. The molecule has 0 aromatic carbocycles. The number of furan rings is 1. The van der Waals surface area contributed by atoms with Gasteiger partial charge in [0.15, 0.2) is 0 Å². The van der Waals surface area contributed by atoms with E-state index in [1.54, 1.807) is 6.92 Å². The van der Waals surface area contributed by atoms with Gasteiger partial charge in [-0.2, -0.15) is 0 Å². The van der Waals surface area contributed by atoms with Crippen LogP contribution in [0.25, 0.3) is 0 Å². The lowest BCUT2D eigenvalue weighted by molar-refractivity contribution is -0.117. The van der Waals surface area contributed by atoms with Gasteiger partial charge in [0.25, 0.3) is 0 Å². The van der Waals surface area contributed by atoms with Crippen LogP contribution >= 0.6 is 0 Å². The molecule has 0 aliphatic rings. The highest BCUT2D eigenvalue weighted by Crippen LogP contribution is 2.29. The molecule has 3 heteroatoms. The first-order valence-electron chi connectivity index (χ1n) is 12.6. The fourth-order valence-electron chi connectivity index (χ4n) is 4.73. The van der Waals surface area contributed by atoms with Gasteiger partial charge in [-0.05, 0) is 30.9 Å². The number of carbonyl (C=O) groups excluding carboxylic acids is 1. The van der Waals surface area contributed by atoms with Gasteiger partial charge in [0.2, 0.25) is 0 Å². The maximum Gasteiger partial charge on any atom is 0.131 e. The summed E-state index contributed by atoms with van der Waals surface area (Å²) in [4.78, 5) is 11.9. The van der Waals surface area contributed by atoms with Crippen LogP contribution in [0.5, 0.6) is 0 Å². The van der Waals surface area contributed by atoms with Gasteiger partial charge < -0.3 is 9.21 Å². The van der Waals surface area contributed by atoms with Crippen LogP contribution in [0.15, 0.2) is 16.7 Å². The van der Waals surface area contributed by atoms with Gasteiger partial charge in [0.05, 0.1) is 11.6 Å². The van der Waals surface area contributed by atoms with Crippen LogP contribution < -0.4 is 5.38 Å². The van der Waals surface area contributed by atoms with Crippen molar-refractivity contribution >= 4 is 19.2 Å². The highest BCUT2D eigenvalue weighted by Gasteiger charge is 2.33. The van der Waals surface area contributed by atoms with E-state index in [0.717, 1.165) is 6.42 Å². The number of hydrogen-bond donors (Lipinski definition) is 0. The monoisotopic (exact) mass is 420 g/mol. The van der Waals surface area contributed by atoms with Crippen LogP contribution in [0.4, 0.5) is 0 Å². The molecule has 0 fully saturated rings. The van der Waals surface area contributed by atoms with Crippen molar-refractivity contribution in [3.05, 3.63) is 17.9 Å². The third-order valence-corrected chi connectivity index (χ3v) is 12.5. The number of ketones is 1. The summed E-state index contributed by atoms with van der Waals surface area (Å²) >= 11 is 0. The lowest BCUT2D eigenvalue weighted by atomic mass is 9.90. The van der Waals surface area contributed by atoms with Crippen molar-refractivity contribution in [3.63, 3.8) is 0 Å². The summed E-state index contributed by atoms with van der Waals surface area (Å²) in [5, 5.41) is 1.26. The van der Waals surface area contributed by atoms with Gasteiger partial charge in [0.1, 0.15) is 13.9 Å². The summed E-state index contributed by atoms with van der Waals surface area (Å²) in [6, 6.07) is 6.04. The Morgan fingerprint density at radius 2 is 1.38 bits per heavy atom. The zero-order valence-corrected chi connectivity index (χ0v) is 21.2. The first-order chi connectivity index (χ1) is 14.0. The fourth-order valence-corrected chi connectivity index (χ4v) is 8.05. The van der Waals surface area contributed by atoms with Gasteiger partial charge in [-0.15, -0.1) is 0 Å². The number of carbonyl (C=O) groups is 1. The number of unbranched alkanes of at least 4 members (excludes halogenated alkanes) is 9. The molecule has 29 heavy (non-hydrogen) atoms. The van der Waals surface area contributed by atoms with Crippen LogP contribution in [0.2, 0.25) is 18.1 Å². The fraction of sp³-hybridized carbons (Fsp3) is 0.808. The second-order valence-corrected chi connectivity index (χ2v) is 14.3. The molecule has 0 saturated heterocycles. The molecule has 1 atom stereocenters. The van der Waals surface area contributed by atoms with Crippen LogP contribution in [-0.4, -0.2) is 13.9 Å². The van der Waals surface area contributed by atoms with E-state index in [9.17, 15) is 4.79 Å². The molecule has 1 heterocycles. The quantitative estimate of drug-likeness (QED) is 0.176. The van der Waals surface area contributed by atoms with Gasteiger partial charge in [-0.25, -0.2) is 0 Å². The Balaban J connectivity index is 2.48. The normalized spacial score (nSPS) is 13.0. The molecule has 1 rings (SSSR count). The summed E-state index contributed by atoms with van der Waals surface area (Å²) in [5.41, 5.74) is 1.28. The zero-order chi connectivity index (χ0) is 21.5. The highest BCUT2D eigenvalue weighted by molar-refractivity contribution is 6.90. The van der Waals surface area contributed by atoms with Gasteiger partial charge >= 0.3 is 0 Å². The Hall–Kier alpha value is -0.833. The highest BCUT2D eigenvalue weighted by atomic mass is 28.3. The lowest BCUT2D eigenvalue weighted by Gasteiger charge is -2.24. The molecule has 0 N–H and O–H groups in total. The number of rotatable bonds is 18. The molecule has 1 aromatic rings. The molecule has 2 nitrogen and oxygen atoms in total. The molecule has 0 bridgehead atoms. The average molecular weight is 421 g/mol. The molecule has 1 unspecified atom stereocenters. The SMILES string of the molecule is CCCCCCCCCCCCC(CC(C)=O)c1coc([Si](CC)(CC)CC)c1. The minimum Gasteiger partial charge on any atom is -0.474 e. The Kier molecular flexibility index (Phi) is 13.6. The van der Waals surface area contributed by atoms with E-state index < -0.39 is 8.07 Å². The molecule has 0 aliphatic heterocycles. The predicted molar refractivity (Wildman–Crippen MR) is 130 cm³/mol. The molecular weight excluding hydrogens is 372 g/mol. The van der Waals surface area contributed by atoms with E-state index >= 15 is 0 Å². The first-order valence-corrected chi connectivity index (χ1v) is 15.2. The van der Waals surface area contributed by atoms with Crippen LogP contribution in [0, 0.1) is 0 Å². The summed E-state index contributed by atoms with van der Waals surface area (Å²) in [5.74, 6) is 0.645. The van der Waals surface area contributed by atoms with Crippen molar-refractivity contribution in [1.29, 1.82) is 0 Å². The van der Waals surface area contributed by atoms with E-state index in [4.69, 9.17) is 4.42 Å². The Bertz CT molecular complexity index is 536. The van der Waals surface area contributed by atoms with E-state index in [-0.39, 0.29) is 0 Å². The van der Waals surface area contributed by atoms with Crippen molar-refractivity contribution in [1.82, 2.24) is 0 Å². The summed E-state index contributed by atoms with van der Waals surface area (Å²) in [6.07, 6.45) is 17.3. The zero-order valence-electron chi connectivity index (χ0n) is 20.2. The van der Waals surface area contributed by atoms with Crippen LogP contribution in [0.3, 0.4) is 0 Å². The molecule has 0 aliphatic carbocycles. The minimum absolute atomic E-state index is 0.301. The van der Waals surface area contributed by atoms with Crippen molar-refractivity contribution in [2.75, 3.05) is 0 Å². The van der Waals surface area contributed by atoms with Gasteiger partial charge in [-0.3, -0.25) is 0 Å². The van der Waals surface area contributed by atoms with Crippen LogP contribution in [-0.2, 0) is 4.79 Å². The third kappa shape index (κ3) is 9.23. The Morgan fingerprint density at radius 1 is 0.862 bits per heavy atom. The summed E-state index contributed by atoms with van der Waals surface area (Å²) in [7, 11) is -1.48. The van der Waals surface area contributed by atoms with Gasteiger partial charge in [-0.1, -0.05) is 110 Å². The van der Waals surface area contributed by atoms with Crippen molar-refractivity contribution in [3.8, 4) is 0 Å². The van der Waals surface area contributed by atoms with E-state index in [1.807, 2.05) is 6.26 Å². The maximum absolute atomic E-state index is 11.9. The molecule has 0 amide bonds. The molecule has 0 saturated carbocycles. The van der Waals surface area contributed by atoms with Crippen molar-refractivity contribution in [2.45, 2.75) is 136 Å². The minimum atomic E-state index is -1.48. The van der Waals surface area contributed by atoms with E-state index in [0.29, 0.717) is 18.1 Å². The third-order valence-electron chi connectivity index (χ3n) is 7.08. The first kappa shape index (κ1) is 26.2. The smallest absolute Gasteiger partial charge is 0.131 e. The molecular formula is C26H48O2Si. The summed E-state index contributed by atoms with van der Waals surface area (Å²) < 4.78 is 6.12. The standard InChI is InChI=1S/C26H48O2Si/c1-6-10-11-12-13-14-15-16-17-18-19-24(20-23(5)27)25-21-26(28-22-25)29(7-2,8-3)9-4/h21-22,24H,6-20H2,1-5H3. The number of hydrogen-bond acceptors (Lipinski definition) is 2. The van der Waals surface area contributed by atoms with Crippen molar-refractivity contribution in [2.24, 2.45) is 0 Å². The second-order valence-electron chi connectivity index (χ2n) is 9.16.